The lowest BCUT2D eigenvalue weighted by Gasteiger charge is -2.32. The second-order valence-corrected chi connectivity index (χ2v) is 6.62. The van der Waals surface area contributed by atoms with Crippen molar-refractivity contribution in [2.45, 2.75) is 37.7 Å². The summed E-state index contributed by atoms with van der Waals surface area (Å²) in [4.78, 5) is 26.6. The molecule has 0 aliphatic carbocycles. The van der Waals surface area contributed by atoms with Gasteiger partial charge in [-0.1, -0.05) is 0 Å². The van der Waals surface area contributed by atoms with Crippen molar-refractivity contribution in [1.82, 2.24) is 14.7 Å². The van der Waals surface area contributed by atoms with Gasteiger partial charge in [0.15, 0.2) is 0 Å². The van der Waals surface area contributed by atoms with Gasteiger partial charge in [0.25, 0.3) is 0 Å². The number of carboxylic acid groups (broad SMARTS) is 1. The third-order valence-electron chi connectivity index (χ3n) is 4.18. The molecule has 0 aromatic carbocycles. The molecule has 1 fully saturated rings. The molecule has 2 aliphatic heterocycles. The Labute approximate surface area is 126 Å². The molecule has 1 aromatic rings. The minimum Gasteiger partial charge on any atom is -0.465 e. The van der Waals surface area contributed by atoms with E-state index >= 15 is 0 Å². The number of aromatic nitrogens is 2. The molecule has 1 unspecified atom stereocenters. The van der Waals surface area contributed by atoms with Gasteiger partial charge in [-0.2, -0.15) is 16.9 Å². The van der Waals surface area contributed by atoms with Crippen LogP contribution in [0, 0.1) is 0 Å². The number of thioether (sulfide) groups is 1. The molecule has 0 radical (unpaired) electrons. The van der Waals surface area contributed by atoms with Crippen LogP contribution in [0.5, 0.6) is 0 Å². The summed E-state index contributed by atoms with van der Waals surface area (Å²) in [6.07, 6.45) is 3.29. The highest BCUT2D eigenvalue weighted by Gasteiger charge is 2.35. The van der Waals surface area contributed by atoms with Gasteiger partial charge in [-0.05, 0) is 13.2 Å². The van der Waals surface area contributed by atoms with Gasteiger partial charge in [0.05, 0.1) is 36.7 Å². The van der Waals surface area contributed by atoms with Gasteiger partial charge in [-0.25, -0.2) is 4.79 Å². The van der Waals surface area contributed by atoms with E-state index in [9.17, 15) is 14.7 Å². The Morgan fingerprint density at radius 2 is 2.24 bits per heavy atom. The maximum atomic E-state index is 12.2. The van der Waals surface area contributed by atoms with Gasteiger partial charge in [0, 0.05) is 18.2 Å². The van der Waals surface area contributed by atoms with Gasteiger partial charge < -0.3 is 10.0 Å². The number of carbonyl (C=O) groups excluding carboxylic acids is 1. The molecule has 2 amide bonds. The van der Waals surface area contributed by atoms with Crippen LogP contribution in [0.3, 0.4) is 0 Å². The highest BCUT2D eigenvalue weighted by atomic mass is 32.2. The molecule has 3 rings (SSSR count). The zero-order valence-corrected chi connectivity index (χ0v) is 12.8. The van der Waals surface area contributed by atoms with E-state index in [0.29, 0.717) is 24.8 Å². The monoisotopic (exact) mass is 310 g/mol. The van der Waals surface area contributed by atoms with E-state index in [1.807, 2.05) is 17.9 Å². The third-order valence-corrected chi connectivity index (χ3v) is 5.16. The molecule has 0 saturated carbocycles. The molecular weight excluding hydrogens is 292 g/mol. The first-order valence-electron chi connectivity index (χ1n) is 6.88. The Morgan fingerprint density at radius 3 is 2.86 bits per heavy atom. The smallest absolute Gasteiger partial charge is 0.407 e. The predicted molar refractivity (Wildman–Crippen MR) is 79.5 cm³/mol. The predicted octanol–water partition coefficient (Wildman–Crippen LogP) is 1.23. The molecular formula is C13H18N4O3S. The summed E-state index contributed by atoms with van der Waals surface area (Å²) in [5.41, 5.74) is 1.57. The van der Waals surface area contributed by atoms with Gasteiger partial charge in [-0.3, -0.25) is 14.4 Å². The summed E-state index contributed by atoms with van der Waals surface area (Å²) < 4.78 is 1.82. The molecule has 114 valence electrons. The summed E-state index contributed by atoms with van der Waals surface area (Å²) in [5, 5.41) is 13.9. The van der Waals surface area contributed by atoms with Gasteiger partial charge in [0.1, 0.15) is 0 Å². The second kappa shape index (κ2) is 5.25. The normalized spacial score (nSPS) is 25.3. The first kappa shape index (κ1) is 14.2. The number of amides is 2. The van der Waals surface area contributed by atoms with Crippen LogP contribution >= 0.6 is 11.8 Å². The molecule has 0 bridgehead atoms. The molecule has 8 heteroatoms. The van der Waals surface area contributed by atoms with E-state index in [2.05, 4.69) is 5.10 Å². The van der Waals surface area contributed by atoms with Crippen LogP contribution in [0.4, 0.5) is 10.5 Å². The summed E-state index contributed by atoms with van der Waals surface area (Å²) in [7, 11) is 0. The lowest BCUT2D eigenvalue weighted by molar-refractivity contribution is -0.117. The molecule has 1 aromatic heterocycles. The molecule has 1 saturated heterocycles. The minimum atomic E-state index is -0.935. The largest absolute Gasteiger partial charge is 0.465 e. The fourth-order valence-electron chi connectivity index (χ4n) is 2.93. The van der Waals surface area contributed by atoms with E-state index < -0.39 is 6.09 Å². The molecule has 7 nitrogen and oxygen atoms in total. The highest BCUT2D eigenvalue weighted by molar-refractivity contribution is 7.99. The fraction of sp³-hybridized carbons (Fsp3) is 0.615. The number of rotatable bonds is 2. The van der Waals surface area contributed by atoms with Crippen molar-refractivity contribution >= 4 is 29.4 Å². The Kier molecular flexibility index (Phi) is 3.56. The van der Waals surface area contributed by atoms with Crippen molar-refractivity contribution in [3.8, 4) is 0 Å². The summed E-state index contributed by atoms with van der Waals surface area (Å²) in [6, 6.07) is -0.115. The number of hydrogen-bond acceptors (Lipinski definition) is 4. The topological polar surface area (TPSA) is 78.7 Å². The SMILES string of the molecule is CSC1CC(=O)N(c2cnn3c2CN(C(=O)O)[C@@H](C)C3)C1. The quantitative estimate of drug-likeness (QED) is 0.889. The van der Waals surface area contributed by atoms with Crippen LogP contribution in [0.2, 0.25) is 0 Å². The van der Waals surface area contributed by atoms with E-state index in [-0.39, 0.29) is 18.5 Å². The number of hydrogen-bond donors (Lipinski definition) is 1. The van der Waals surface area contributed by atoms with Crippen LogP contribution in [-0.2, 0) is 17.9 Å². The lowest BCUT2D eigenvalue weighted by atomic mass is 10.2. The van der Waals surface area contributed by atoms with Crippen LogP contribution in [0.25, 0.3) is 0 Å². The summed E-state index contributed by atoms with van der Waals surface area (Å²) >= 11 is 1.69. The summed E-state index contributed by atoms with van der Waals surface area (Å²) in [6.45, 7) is 3.33. The number of nitrogens with zero attached hydrogens (tertiary/aromatic N) is 4. The average molecular weight is 310 g/mol. The average Bonchev–Trinajstić information content (AvgIpc) is 3.00. The second-order valence-electron chi connectivity index (χ2n) is 5.48. The first-order chi connectivity index (χ1) is 10.0. The van der Waals surface area contributed by atoms with Crippen molar-refractivity contribution in [1.29, 1.82) is 0 Å². The Morgan fingerprint density at radius 1 is 1.48 bits per heavy atom. The van der Waals surface area contributed by atoms with E-state index in [1.165, 1.54) is 4.90 Å². The van der Waals surface area contributed by atoms with Crippen molar-refractivity contribution in [2.24, 2.45) is 0 Å². The maximum absolute atomic E-state index is 12.2. The van der Waals surface area contributed by atoms with Crippen molar-refractivity contribution in [3.63, 3.8) is 0 Å². The standard InChI is InChI=1S/C13H18N4O3S/c1-8-5-17-11(7-15(8)13(19)20)10(4-14-17)16-6-9(21-2)3-12(16)18/h4,8-9H,3,5-7H2,1-2H3,(H,19,20)/t8-,9?/m0/s1. The molecule has 2 aliphatic rings. The van der Waals surface area contributed by atoms with E-state index in [4.69, 9.17) is 0 Å². The first-order valence-corrected chi connectivity index (χ1v) is 8.17. The van der Waals surface area contributed by atoms with Gasteiger partial charge in [0.2, 0.25) is 5.91 Å². The van der Waals surface area contributed by atoms with Crippen LogP contribution < -0.4 is 4.90 Å². The Hall–Kier alpha value is -1.70. The third kappa shape index (κ3) is 2.37. The number of fused-ring (bicyclic) bond motifs is 1. The van der Waals surface area contributed by atoms with Crippen molar-refractivity contribution < 1.29 is 14.7 Å². The fourth-order valence-corrected chi connectivity index (χ4v) is 3.54. The van der Waals surface area contributed by atoms with E-state index in [1.54, 1.807) is 22.9 Å². The molecule has 2 atom stereocenters. The van der Waals surface area contributed by atoms with Crippen LogP contribution in [0.15, 0.2) is 6.20 Å². The maximum Gasteiger partial charge on any atom is 0.407 e. The molecule has 0 spiro atoms. The molecule has 21 heavy (non-hydrogen) atoms. The van der Waals surface area contributed by atoms with Gasteiger partial charge >= 0.3 is 6.09 Å². The zero-order valence-electron chi connectivity index (χ0n) is 12.0. The van der Waals surface area contributed by atoms with E-state index in [0.717, 1.165) is 11.4 Å². The van der Waals surface area contributed by atoms with Crippen LogP contribution in [-0.4, -0.2) is 55.9 Å². The molecule has 3 heterocycles. The minimum absolute atomic E-state index is 0.0886. The van der Waals surface area contributed by atoms with Crippen LogP contribution in [0.1, 0.15) is 19.0 Å². The summed E-state index contributed by atoms with van der Waals surface area (Å²) in [5.74, 6) is 0.0886. The Balaban J connectivity index is 1.90. The van der Waals surface area contributed by atoms with Crippen molar-refractivity contribution in [3.05, 3.63) is 11.9 Å². The highest BCUT2D eigenvalue weighted by Crippen LogP contribution is 2.32. The number of carbonyl (C=O) groups is 2. The van der Waals surface area contributed by atoms with Crippen molar-refractivity contribution in [2.75, 3.05) is 17.7 Å². The number of anilines is 1. The molecule has 1 N–H and O–H groups in total. The van der Waals surface area contributed by atoms with Gasteiger partial charge in [-0.15, -0.1) is 0 Å². The Bertz CT molecular complexity index is 588. The zero-order chi connectivity index (χ0) is 15.1. The lowest BCUT2D eigenvalue weighted by Crippen LogP contribution is -2.44.